The summed E-state index contributed by atoms with van der Waals surface area (Å²) in [5, 5.41) is 13.8. The molecule has 0 fully saturated rings. The van der Waals surface area contributed by atoms with Gasteiger partial charge in [-0.3, -0.25) is 4.79 Å². The highest BCUT2D eigenvalue weighted by molar-refractivity contribution is 5.91. The fourth-order valence-corrected chi connectivity index (χ4v) is 2.29. The Morgan fingerprint density at radius 1 is 1.39 bits per heavy atom. The van der Waals surface area contributed by atoms with Crippen molar-refractivity contribution in [3.8, 4) is 5.75 Å². The van der Waals surface area contributed by atoms with Gasteiger partial charge in [-0.05, 0) is 24.1 Å². The van der Waals surface area contributed by atoms with E-state index in [-0.39, 0.29) is 23.6 Å². The second-order valence-electron chi connectivity index (χ2n) is 5.24. The van der Waals surface area contributed by atoms with Crippen molar-refractivity contribution in [2.75, 3.05) is 7.11 Å². The minimum atomic E-state index is -4.98. The molecule has 1 aliphatic rings. The normalized spacial score (nSPS) is 21.3. The maximum Gasteiger partial charge on any atom is 0.438 e. The van der Waals surface area contributed by atoms with Crippen molar-refractivity contribution in [2.45, 2.75) is 38.1 Å². The Bertz CT molecular complexity index is 613. The van der Waals surface area contributed by atoms with E-state index < -0.39 is 24.2 Å². The van der Waals surface area contributed by atoms with Crippen LogP contribution in [-0.2, 0) is 11.2 Å². The van der Waals surface area contributed by atoms with Gasteiger partial charge in [0.2, 0.25) is 5.91 Å². The number of carbonyl (C=O) groups excluding carboxylic acids is 1. The molecule has 0 bridgehead atoms. The number of benzene rings is 1. The third kappa shape index (κ3) is 3.31. The van der Waals surface area contributed by atoms with Crippen LogP contribution in [0.4, 0.5) is 13.2 Å². The Labute approximate surface area is 131 Å². The van der Waals surface area contributed by atoms with Gasteiger partial charge in [0.25, 0.3) is 5.72 Å². The molecule has 5 nitrogen and oxygen atoms in total. The van der Waals surface area contributed by atoms with Crippen LogP contribution in [0.25, 0.3) is 0 Å². The van der Waals surface area contributed by atoms with E-state index >= 15 is 0 Å². The van der Waals surface area contributed by atoms with E-state index in [1.54, 1.807) is 31.2 Å². The molecule has 1 aliphatic heterocycles. The zero-order valence-electron chi connectivity index (χ0n) is 12.7. The summed E-state index contributed by atoms with van der Waals surface area (Å²) < 4.78 is 44.5. The van der Waals surface area contributed by atoms with Crippen LogP contribution in [0.15, 0.2) is 29.4 Å². The van der Waals surface area contributed by atoms with Crippen LogP contribution in [-0.4, -0.2) is 40.7 Å². The number of ether oxygens (including phenoxy) is 1. The van der Waals surface area contributed by atoms with Gasteiger partial charge in [0, 0.05) is 12.1 Å². The van der Waals surface area contributed by atoms with E-state index in [1.165, 1.54) is 7.11 Å². The molecular formula is C15H17F3N2O3. The molecule has 0 radical (unpaired) electrons. The minimum Gasteiger partial charge on any atom is -0.497 e. The molecular weight excluding hydrogens is 313 g/mol. The van der Waals surface area contributed by atoms with Crippen LogP contribution >= 0.6 is 0 Å². The van der Waals surface area contributed by atoms with Crippen molar-refractivity contribution in [2.24, 2.45) is 5.10 Å². The van der Waals surface area contributed by atoms with E-state index in [9.17, 15) is 23.1 Å². The third-order valence-corrected chi connectivity index (χ3v) is 3.66. The Morgan fingerprint density at radius 2 is 2.00 bits per heavy atom. The van der Waals surface area contributed by atoms with Crippen molar-refractivity contribution in [3.63, 3.8) is 0 Å². The summed E-state index contributed by atoms with van der Waals surface area (Å²) in [4.78, 5) is 12.2. The molecule has 2 rings (SSSR count). The maximum absolute atomic E-state index is 13.2. The summed E-state index contributed by atoms with van der Waals surface area (Å²) >= 11 is 0. The predicted octanol–water partition coefficient (Wildman–Crippen LogP) is 2.49. The summed E-state index contributed by atoms with van der Waals surface area (Å²) in [6.45, 7) is 1.62. The number of halogens is 3. The van der Waals surface area contributed by atoms with Gasteiger partial charge in [0.15, 0.2) is 0 Å². The fourth-order valence-electron chi connectivity index (χ4n) is 2.29. The van der Waals surface area contributed by atoms with Crippen LogP contribution in [0.1, 0.15) is 25.3 Å². The van der Waals surface area contributed by atoms with Gasteiger partial charge in [-0.2, -0.15) is 23.3 Å². The highest BCUT2D eigenvalue weighted by atomic mass is 19.4. The predicted molar refractivity (Wildman–Crippen MR) is 76.9 cm³/mol. The Balaban J connectivity index is 2.22. The van der Waals surface area contributed by atoms with Crippen molar-refractivity contribution in [1.29, 1.82) is 0 Å². The SMILES string of the molecule is CCC1=NN(C(=O)Cc2ccc(OC)cc2)[C@@](O)(C(F)(F)F)C1. The molecule has 0 unspecified atom stereocenters. The summed E-state index contributed by atoms with van der Waals surface area (Å²) in [6, 6.07) is 6.35. The van der Waals surface area contributed by atoms with Crippen molar-refractivity contribution in [1.82, 2.24) is 5.01 Å². The molecule has 0 saturated carbocycles. The topological polar surface area (TPSA) is 62.1 Å². The average Bonchev–Trinajstić information content (AvgIpc) is 2.86. The number of rotatable bonds is 4. The number of nitrogens with zero attached hydrogens (tertiary/aromatic N) is 2. The number of hydrogen-bond donors (Lipinski definition) is 1. The molecule has 126 valence electrons. The van der Waals surface area contributed by atoms with Crippen LogP contribution in [0.2, 0.25) is 0 Å². The van der Waals surface area contributed by atoms with E-state index in [0.717, 1.165) is 0 Å². The Hall–Kier alpha value is -2.09. The summed E-state index contributed by atoms with van der Waals surface area (Å²) in [5.41, 5.74) is -2.64. The largest absolute Gasteiger partial charge is 0.497 e. The van der Waals surface area contributed by atoms with E-state index in [2.05, 4.69) is 5.10 Å². The average molecular weight is 330 g/mol. The molecule has 1 heterocycles. The van der Waals surface area contributed by atoms with Crippen LogP contribution < -0.4 is 4.74 Å². The molecule has 1 aromatic carbocycles. The molecule has 23 heavy (non-hydrogen) atoms. The number of alkyl halides is 3. The lowest BCUT2D eigenvalue weighted by molar-refractivity contribution is -0.302. The Kier molecular flexibility index (Phi) is 4.65. The van der Waals surface area contributed by atoms with Crippen LogP contribution in [0, 0.1) is 0 Å². The molecule has 0 spiro atoms. The summed E-state index contributed by atoms with van der Waals surface area (Å²) in [5.74, 6) is -0.348. The van der Waals surface area contributed by atoms with Crippen molar-refractivity contribution >= 4 is 11.6 Å². The van der Waals surface area contributed by atoms with Crippen molar-refractivity contribution in [3.05, 3.63) is 29.8 Å². The highest BCUT2D eigenvalue weighted by Gasteiger charge is 2.62. The number of methoxy groups -OCH3 is 1. The molecule has 1 aromatic rings. The first-order valence-electron chi connectivity index (χ1n) is 7.02. The van der Waals surface area contributed by atoms with Gasteiger partial charge in [-0.1, -0.05) is 19.1 Å². The van der Waals surface area contributed by atoms with E-state index in [4.69, 9.17) is 4.74 Å². The second kappa shape index (κ2) is 6.19. The molecule has 8 heteroatoms. The minimum absolute atomic E-state index is 0.132. The first-order valence-corrected chi connectivity index (χ1v) is 7.02. The first kappa shape index (κ1) is 17.3. The molecule has 1 N–H and O–H groups in total. The number of amides is 1. The quantitative estimate of drug-likeness (QED) is 0.922. The van der Waals surface area contributed by atoms with Gasteiger partial charge in [0.1, 0.15) is 5.75 Å². The highest BCUT2D eigenvalue weighted by Crippen LogP contribution is 2.40. The summed E-state index contributed by atoms with van der Waals surface area (Å²) in [6.07, 6.45) is -5.78. The monoisotopic (exact) mass is 330 g/mol. The Morgan fingerprint density at radius 3 is 2.48 bits per heavy atom. The first-order chi connectivity index (χ1) is 10.7. The maximum atomic E-state index is 13.2. The van der Waals surface area contributed by atoms with Crippen LogP contribution in [0.5, 0.6) is 5.75 Å². The van der Waals surface area contributed by atoms with Crippen molar-refractivity contribution < 1.29 is 27.8 Å². The zero-order valence-corrected chi connectivity index (χ0v) is 12.7. The van der Waals surface area contributed by atoms with E-state index in [0.29, 0.717) is 11.3 Å². The van der Waals surface area contributed by atoms with Gasteiger partial charge in [-0.15, -0.1) is 0 Å². The standard InChI is InChI=1S/C15H17F3N2O3/c1-3-11-9-14(22,15(16,17)18)20(19-11)13(21)8-10-4-6-12(23-2)7-5-10/h4-7,22H,3,8-9H2,1-2H3/t14-/m0/s1. The number of hydrazone groups is 1. The lowest BCUT2D eigenvalue weighted by atomic mass is 10.0. The van der Waals surface area contributed by atoms with Crippen LogP contribution in [0.3, 0.4) is 0 Å². The molecule has 1 atom stereocenters. The number of carbonyl (C=O) groups is 1. The van der Waals surface area contributed by atoms with Gasteiger partial charge < -0.3 is 9.84 Å². The molecule has 0 saturated heterocycles. The molecule has 0 aliphatic carbocycles. The van der Waals surface area contributed by atoms with E-state index in [1.807, 2.05) is 0 Å². The molecule has 0 aromatic heterocycles. The lowest BCUT2D eigenvalue weighted by Gasteiger charge is -2.32. The second-order valence-corrected chi connectivity index (χ2v) is 5.24. The van der Waals surface area contributed by atoms with Gasteiger partial charge in [-0.25, -0.2) is 0 Å². The fraction of sp³-hybridized carbons (Fsp3) is 0.467. The molecule has 1 amide bonds. The van der Waals surface area contributed by atoms with Gasteiger partial charge >= 0.3 is 6.18 Å². The smallest absolute Gasteiger partial charge is 0.438 e. The lowest BCUT2D eigenvalue weighted by Crippen LogP contribution is -2.57. The number of hydrogen-bond acceptors (Lipinski definition) is 4. The van der Waals surface area contributed by atoms with Gasteiger partial charge in [0.05, 0.1) is 13.5 Å². The third-order valence-electron chi connectivity index (χ3n) is 3.66. The number of aliphatic hydroxyl groups is 1. The summed E-state index contributed by atoms with van der Waals surface area (Å²) in [7, 11) is 1.48. The zero-order chi connectivity index (χ0) is 17.3.